The second kappa shape index (κ2) is 6.92. The molecule has 1 saturated heterocycles. The topological polar surface area (TPSA) is 30.5 Å². The fraction of sp³-hybridized carbons (Fsp3) is 0.625. The predicted molar refractivity (Wildman–Crippen MR) is 77.7 cm³/mol. The SMILES string of the molecule is CCOc1ccc(C)cc1C(NC)C1CCOCC1. The molecule has 0 radical (unpaired) electrons. The van der Waals surface area contributed by atoms with Crippen LogP contribution in [0.5, 0.6) is 5.75 Å². The van der Waals surface area contributed by atoms with Crippen molar-refractivity contribution >= 4 is 0 Å². The highest BCUT2D eigenvalue weighted by Gasteiger charge is 2.26. The Labute approximate surface area is 116 Å². The maximum Gasteiger partial charge on any atom is 0.124 e. The van der Waals surface area contributed by atoms with Gasteiger partial charge in [0.2, 0.25) is 0 Å². The monoisotopic (exact) mass is 263 g/mol. The maximum atomic E-state index is 5.79. The van der Waals surface area contributed by atoms with Gasteiger partial charge in [-0.25, -0.2) is 0 Å². The molecule has 1 fully saturated rings. The molecule has 1 heterocycles. The Morgan fingerprint density at radius 2 is 2.11 bits per heavy atom. The van der Waals surface area contributed by atoms with E-state index in [9.17, 15) is 0 Å². The van der Waals surface area contributed by atoms with Crippen molar-refractivity contribution in [2.75, 3.05) is 26.9 Å². The molecule has 0 aromatic heterocycles. The average molecular weight is 263 g/mol. The second-order valence-corrected chi connectivity index (χ2v) is 5.19. The van der Waals surface area contributed by atoms with Crippen LogP contribution in [0, 0.1) is 12.8 Å². The molecule has 19 heavy (non-hydrogen) atoms. The van der Waals surface area contributed by atoms with E-state index in [1.807, 2.05) is 14.0 Å². The lowest BCUT2D eigenvalue weighted by Crippen LogP contribution is -2.30. The van der Waals surface area contributed by atoms with Gasteiger partial charge in [0.15, 0.2) is 0 Å². The Morgan fingerprint density at radius 1 is 1.37 bits per heavy atom. The minimum atomic E-state index is 0.352. The Morgan fingerprint density at radius 3 is 2.74 bits per heavy atom. The Balaban J connectivity index is 2.27. The molecule has 1 unspecified atom stereocenters. The summed E-state index contributed by atoms with van der Waals surface area (Å²) < 4.78 is 11.3. The fourth-order valence-electron chi connectivity index (χ4n) is 2.89. The van der Waals surface area contributed by atoms with Gasteiger partial charge in [0, 0.05) is 24.8 Å². The second-order valence-electron chi connectivity index (χ2n) is 5.19. The van der Waals surface area contributed by atoms with Crippen LogP contribution in [-0.2, 0) is 4.74 Å². The van der Waals surface area contributed by atoms with Gasteiger partial charge < -0.3 is 14.8 Å². The molecule has 1 aliphatic rings. The molecule has 1 atom stereocenters. The third-order valence-corrected chi connectivity index (χ3v) is 3.85. The van der Waals surface area contributed by atoms with Crippen molar-refractivity contribution < 1.29 is 9.47 Å². The van der Waals surface area contributed by atoms with Crippen molar-refractivity contribution in [2.45, 2.75) is 32.7 Å². The first kappa shape index (κ1) is 14.4. The number of aryl methyl sites for hydroxylation is 1. The highest BCUT2D eigenvalue weighted by atomic mass is 16.5. The summed E-state index contributed by atoms with van der Waals surface area (Å²) in [6, 6.07) is 6.82. The van der Waals surface area contributed by atoms with Crippen LogP contribution in [0.3, 0.4) is 0 Å². The van der Waals surface area contributed by atoms with Crippen LogP contribution < -0.4 is 10.1 Å². The van der Waals surface area contributed by atoms with E-state index in [4.69, 9.17) is 9.47 Å². The summed E-state index contributed by atoms with van der Waals surface area (Å²) in [4.78, 5) is 0. The van der Waals surface area contributed by atoms with Gasteiger partial charge in [0.05, 0.1) is 6.61 Å². The van der Waals surface area contributed by atoms with Crippen LogP contribution in [-0.4, -0.2) is 26.9 Å². The molecule has 2 rings (SSSR count). The molecular weight excluding hydrogens is 238 g/mol. The number of hydrogen-bond donors (Lipinski definition) is 1. The third kappa shape index (κ3) is 3.48. The Hall–Kier alpha value is -1.06. The van der Waals surface area contributed by atoms with E-state index < -0.39 is 0 Å². The molecule has 0 saturated carbocycles. The van der Waals surface area contributed by atoms with Crippen LogP contribution in [0.15, 0.2) is 18.2 Å². The van der Waals surface area contributed by atoms with Crippen molar-refractivity contribution in [1.29, 1.82) is 0 Å². The first-order valence-electron chi connectivity index (χ1n) is 7.24. The predicted octanol–water partition coefficient (Wildman–Crippen LogP) is 3.08. The molecule has 0 amide bonds. The largest absolute Gasteiger partial charge is 0.494 e. The van der Waals surface area contributed by atoms with Crippen LogP contribution in [0.25, 0.3) is 0 Å². The summed E-state index contributed by atoms with van der Waals surface area (Å²) in [6.45, 7) is 6.62. The molecular formula is C16H25NO2. The van der Waals surface area contributed by atoms with E-state index in [1.165, 1.54) is 11.1 Å². The van der Waals surface area contributed by atoms with E-state index in [-0.39, 0.29) is 0 Å². The zero-order valence-corrected chi connectivity index (χ0v) is 12.2. The van der Waals surface area contributed by atoms with Crippen molar-refractivity contribution in [2.24, 2.45) is 5.92 Å². The molecule has 1 aromatic rings. The normalized spacial score (nSPS) is 18.3. The fourth-order valence-corrected chi connectivity index (χ4v) is 2.89. The quantitative estimate of drug-likeness (QED) is 0.885. The summed E-state index contributed by atoms with van der Waals surface area (Å²) in [6.07, 6.45) is 2.23. The number of nitrogens with one attached hydrogen (secondary N) is 1. The van der Waals surface area contributed by atoms with E-state index in [0.29, 0.717) is 18.6 Å². The van der Waals surface area contributed by atoms with Gasteiger partial charge in [-0.1, -0.05) is 17.7 Å². The summed E-state index contributed by atoms with van der Waals surface area (Å²) in [5.41, 5.74) is 2.57. The van der Waals surface area contributed by atoms with E-state index >= 15 is 0 Å². The van der Waals surface area contributed by atoms with Crippen molar-refractivity contribution in [1.82, 2.24) is 5.32 Å². The summed E-state index contributed by atoms with van der Waals surface area (Å²) >= 11 is 0. The van der Waals surface area contributed by atoms with Gasteiger partial charge in [0.1, 0.15) is 5.75 Å². The molecule has 0 aliphatic carbocycles. The molecule has 3 nitrogen and oxygen atoms in total. The minimum Gasteiger partial charge on any atom is -0.494 e. The molecule has 1 aromatic carbocycles. The highest BCUT2D eigenvalue weighted by Crippen LogP contribution is 2.35. The summed E-state index contributed by atoms with van der Waals surface area (Å²) in [5.74, 6) is 1.64. The van der Waals surface area contributed by atoms with E-state index in [2.05, 4.69) is 30.4 Å². The standard InChI is InChI=1S/C16H25NO2/c1-4-19-15-6-5-12(2)11-14(15)16(17-3)13-7-9-18-10-8-13/h5-6,11,13,16-17H,4,7-10H2,1-3H3. The third-order valence-electron chi connectivity index (χ3n) is 3.85. The highest BCUT2D eigenvalue weighted by molar-refractivity contribution is 5.39. The number of ether oxygens (including phenoxy) is 2. The van der Waals surface area contributed by atoms with E-state index in [0.717, 1.165) is 31.8 Å². The maximum absolute atomic E-state index is 5.79. The lowest BCUT2D eigenvalue weighted by Gasteiger charge is -2.31. The van der Waals surface area contributed by atoms with Gasteiger partial charge in [-0.05, 0) is 45.7 Å². The van der Waals surface area contributed by atoms with Crippen LogP contribution in [0.2, 0.25) is 0 Å². The van der Waals surface area contributed by atoms with Gasteiger partial charge in [-0.3, -0.25) is 0 Å². The minimum absolute atomic E-state index is 0.352. The molecule has 1 N–H and O–H groups in total. The molecule has 3 heteroatoms. The lowest BCUT2D eigenvalue weighted by molar-refractivity contribution is 0.0542. The van der Waals surface area contributed by atoms with Gasteiger partial charge >= 0.3 is 0 Å². The first-order valence-corrected chi connectivity index (χ1v) is 7.24. The van der Waals surface area contributed by atoms with E-state index in [1.54, 1.807) is 0 Å². The Kier molecular flexibility index (Phi) is 5.23. The van der Waals surface area contributed by atoms with Crippen molar-refractivity contribution in [3.63, 3.8) is 0 Å². The molecule has 106 valence electrons. The zero-order valence-electron chi connectivity index (χ0n) is 12.2. The van der Waals surface area contributed by atoms with Crippen LogP contribution >= 0.6 is 0 Å². The number of rotatable bonds is 5. The summed E-state index contributed by atoms with van der Waals surface area (Å²) in [5, 5.41) is 3.48. The Bertz CT molecular complexity index is 400. The molecule has 0 spiro atoms. The smallest absolute Gasteiger partial charge is 0.124 e. The first-order chi connectivity index (χ1) is 9.26. The summed E-state index contributed by atoms with van der Waals surface area (Å²) in [7, 11) is 2.04. The van der Waals surface area contributed by atoms with Crippen molar-refractivity contribution in [3.05, 3.63) is 29.3 Å². The zero-order chi connectivity index (χ0) is 13.7. The van der Waals surface area contributed by atoms with Crippen LogP contribution in [0.1, 0.15) is 36.9 Å². The average Bonchev–Trinajstić information content (AvgIpc) is 2.44. The van der Waals surface area contributed by atoms with Crippen LogP contribution in [0.4, 0.5) is 0 Å². The van der Waals surface area contributed by atoms with Crippen molar-refractivity contribution in [3.8, 4) is 5.75 Å². The molecule has 1 aliphatic heterocycles. The lowest BCUT2D eigenvalue weighted by atomic mass is 9.86. The number of benzene rings is 1. The van der Waals surface area contributed by atoms with Gasteiger partial charge in [-0.15, -0.1) is 0 Å². The molecule has 0 bridgehead atoms. The number of hydrogen-bond acceptors (Lipinski definition) is 3. The van der Waals surface area contributed by atoms with Gasteiger partial charge in [-0.2, -0.15) is 0 Å². The van der Waals surface area contributed by atoms with Gasteiger partial charge in [0.25, 0.3) is 0 Å².